The SMILES string of the molecule is Cc1cnc2c(S(=O)(=O)N3CCN(C(=O)CCC4Cc5ccccc5NC4=O)CC3)cccc2c1. The number of benzene rings is 2. The Labute approximate surface area is 205 Å². The third-order valence-electron chi connectivity index (χ3n) is 6.84. The molecule has 1 fully saturated rings. The minimum absolute atomic E-state index is 0.0454. The zero-order valence-corrected chi connectivity index (χ0v) is 20.4. The van der Waals surface area contributed by atoms with E-state index in [0.717, 1.165) is 22.2 Å². The van der Waals surface area contributed by atoms with E-state index in [-0.39, 0.29) is 42.1 Å². The zero-order chi connectivity index (χ0) is 24.6. The monoisotopic (exact) mass is 492 g/mol. The fraction of sp³-hybridized carbons (Fsp3) is 0.346. The van der Waals surface area contributed by atoms with Gasteiger partial charge in [0.1, 0.15) is 4.90 Å². The first-order valence-electron chi connectivity index (χ1n) is 11.8. The van der Waals surface area contributed by atoms with E-state index in [1.165, 1.54) is 4.31 Å². The molecule has 1 saturated heterocycles. The van der Waals surface area contributed by atoms with E-state index in [2.05, 4.69) is 10.3 Å². The summed E-state index contributed by atoms with van der Waals surface area (Å²) < 4.78 is 28.2. The number of pyridine rings is 1. The van der Waals surface area contributed by atoms with Gasteiger partial charge >= 0.3 is 0 Å². The Kier molecular flexibility index (Phi) is 6.29. The van der Waals surface area contributed by atoms with E-state index in [9.17, 15) is 18.0 Å². The van der Waals surface area contributed by atoms with Gasteiger partial charge in [-0.1, -0.05) is 30.3 Å². The largest absolute Gasteiger partial charge is 0.340 e. The number of piperazine rings is 1. The van der Waals surface area contributed by atoms with Gasteiger partial charge in [-0.15, -0.1) is 0 Å². The molecule has 0 radical (unpaired) electrons. The first kappa shape index (κ1) is 23.4. The first-order valence-corrected chi connectivity index (χ1v) is 13.3. The number of para-hydroxylation sites is 2. The van der Waals surface area contributed by atoms with Crippen LogP contribution in [0.3, 0.4) is 0 Å². The summed E-state index contributed by atoms with van der Waals surface area (Å²) in [5.74, 6) is -0.333. The number of amides is 2. The Bertz CT molecular complexity index is 1400. The zero-order valence-electron chi connectivity index (χ0n) is 19.6. The molecule has 1 atom stereocenters. The van der Waals surface area contributed by atoms with Crippen molar-refractivity contribution in [2.75, 3.05) is 31.5 Å². The van der Waals surface area contributed by atoms with Gasteiger partial charge in [0, 0.05) is 55.8 Å². The standard InChI is InChI=1S/C26H28N4O4S/c1-18-15-20-6-4-8-23(25(20)27-17-18)35(33,34)30-13-11-29(12-14-30)24(31)10-9-21-16-19-5-2-3-7-22(19)28-26(21)32/h2-8,15,17,21H,9-14,16H2,1H3,(H,28,32). The summed E-state index contributed by atoms with van der Waals surface area (Å²) in [6.07, 6.45) is 3.03. The molecule has 2 aromatic carbocycles. The molecule has 3 heterocycles. The number of fused-ring (bicyclic) bond motifs is 2. The van der Waals surface area contributed by atoms with Crippen molar-refractivity contribution in [3.63, 3.8) is 0 Å². The van der Waals surface area contributed by atoms with Gasteiger partial charge in [0.2, 0.25) is 21.8 Å². The number of anilines is 1. The summed E-state index contributed by atoms with van der Waals surface area (Å²) in [5, 5.41) is 3.71. The third kappa shape index (κ3) is 4.66. The molecule has 0 saturated carbocycles. The third-order valence-corrected chi connectivity index (χ3v) is 8.77. The Morgan fingerprint density at radius 3 is 2.66 bits per heavy atom. The molecule has 9 heteroatoms. The second-order valence-electron chi connectivity index (χ2n) is 9.21. The molecule has 0 bridgehead atoms. The summed E-state index contributed by atoms with van der Waals surface area (Å²) in [4.78, 5) is 31.5. The Balaban J connectivity index is 1.20. The molecule has 3 aromatic rings. The minimum Gasteiger partial charge on any atom is -0.340 e. The van der Waals surface area contributed by atoms with Gasteiger partial charge in [0.05, 0.1) is 5.52 Å². The van der Waals surface area contributed by atoms with Crippen LogP contribution in [0.25, 0.3) is 10.9 Å². The average Bonchev–Trinajstić information content (AvgIpc) is 2.86. The average molecular weight is 493 g/mol. The quantitative estimate of drug-likeness (QED) is 0.590. The van der Waals surface area contributed by atoms with Crippen LogP contribution in [-0.2, 0) is 26.0 Å². The summed E-state index contributed by atoms with van der Waals surface area (Å²) in [6.45, 7) is 3.04. The van der Waals surface area contributed by atoms with Crippen LogP contribution in [-0.4, -0.2) is 60.6 Å². The molecular formula is C26H28N4O4S. The summed E-state index contributed by atoms with van der Waals surface area (Å²) in [5.41, 5.74) is 3.36. The van der Waals surface area contributed by atoms with Gasteiger partial charge in [0.15, 0.2) is 0 Å². The maximum Gasteiger partial charge on any atom is 0.245 e. The molecule has 8 nitrogen and oxygen atoms in total. The lowest BCUT2D eigenvalue weighted by molar-refractivity contribution is -0.132. The molecule has 2 aliphatic rings. The van der Waals surface area contributed by atoms with Crippen LogP contribution in [0.2, 0.25) is 0 Å². The van der Waals surface area contributed by atoms with E-state index in [1.54, 1.807) is 23.2 Å². The van der Waals surface area contributed by atoms with Crippen LogP contribution < -0.4 is 5.32 Å². The maximum absolute atomic E-state index is 13.4. The maximum atomic E-state index is 13.4. The van der Waals surface area contributed by atoms with E-state index in [1.807, 2.05) is 43.3 Å². The van der Waals surface area contributed by atoms with Crippen LogP contribution in [0.15, 0.2) is 59.6 Å². The fourth-order valence-electron chi connectivity index (χ4n) is 4.87. The Morgan fingerprint density at radius 1 is 1.09 bits per heavy atom. The van der Waals surface area contributed by atoms with Crippen LogP contribution in [0.5, 0.6) is 0 Å². The second kappa shape index (κ2) is 9.39. The number of nitrogens with one attached hydrogen (secondary N) is 1. The molecule has 35 heavy (non-hydrogen) atoms. The highest BCUT2D eigenvalue weighted by Crippen LogP contribution is 2.28. The molecule has 1 aromatic heterocycles. The van der Waals surface area contributed by atoms with Crippen LogP contribution in [0.4, 0.5) is 5.69 Å². The van der Waals surface area contributed by atoms with Gasteiger partial charge in [0.25, 0.3) is 0 Å². The molecule has 2 aliphatic heterocycles. The van der Waals surface area contributed by atoms with Crippen molar-refractivity contribution in [3.05, 3.63) is 65.9 Å². The molecule has 1 N–H and O–H groups in total. The van der Waals surface area contributed by atoms with Gasteiger partial charge in [-0.3, -0.25) is 14.6 Å². The lowest BCUT2D eigenvalue weighted by atomic mass is 9.89. The predicted molar refractivity (Wildman–Crippen MR) is 133 cm³/mol. The molecule has 182 valence electrons. The van der Waals surface area contributed by atoms with Crippen molar-refractivity contribution < 1.29 is 18.0 Å². The van der Waals surface area contributed by atoms with Gasteiger partial charge < -0.3 is 10.2 Å². The van der Waals surface area contributed by atoms with E-state index in [4.69, 9.17) is 0 Å². The van der Waals surface area contributed by atoms with Crippen LogP contribution >= 0.6 is 0 Å². The number of aromatic nitrogens is 1. The molecule has 2 amide bonds. The molecule has 5 rings (SSSR count). The summed E-state index contributed by atoms with van der Waals surface area (Å²) in [6, 6.07) is 14.8. The highest BCUT2D eigenvalue weighted by atomic mass is 32.2. The molecule has 0 aliphatic carbocycles. The summed E-state index contributed by atoms with van der Waals surface area (Å²) >= 11 is 0. The molecule has 0 spiro atoms. The number of hydrogen-bond donors (Lipinski definition) is 1. The van der Waals surface area contributed by atoms with Crippen LogP contribution in [0.1, 0.15) is 24.0 Å². The van der Waals surface area contributed by atoms with Crippen molar-refractivity contribution in [2.24, 2.45) is 5.92 Å². The second-order valence-corrected chi connectivity index (χ2v) is 11.1. The van der Waals surface area contributed by atoms with Crippen molar-refractivity contribution in [1.82, 2.24) is 14.2 Å². The topological polar surface area (TPSA) is 99.7 Å². The van der Waals surface area contributed by atoms with Crippen molar-refractivity contribution >= 4 is 38.4 Å². The van der Waals surface area contributed by atoms with Crippen LogP contribution in [0, 0.1) is 12.8 Å². The van der Waals surface area contributed by atoms with Gasteiger partial charge in [-0.25, -0.2) is 8.42 Å². The smallest absolute Gasteiger partial charge is 0.245 e. The number of carbonyl (C=O) groups excluding carboxylic acids is 2. The number of aryl methyl sites for hydroxylation is 1. The van der Waals surface area contributed by atoms with Gasteiger partial charge in [-0.2, -0.15) is 4.31 Å². The van der Waals surface area contributed by atoms with E-state index in [0.29, 0.717) is 31.4 Å². The predicted octanol–water partition coefficient (Wildman–Crippen LogP) is 2.97. The number of carbonyl (C=O) groups is 2. The lowest BCUT2D eigenvalue weighted by Gasteiger charge is -2.34. The summed E-state index contributed by atoms with van der Waals surface area (Å²) in [7, 11) is -3.74. The van der Waals surface area contributed by atoms with Crippen molar-refractivity contribution in [3.8, 4) is 0 Å². The lowest BCUT2D eigenvalue weighted by Crippen LogP contribution is -2.50. The van der Waals surface area contributed by atoms with E-state index < -0.39 is 10.0 Å². The normalized spacial score (nSPS) is 18.8. The Morgan fingerprint density at radius 2 is 1.86 bits per heavy atom. The van der Waals surface area contributed by atoms with Crippen molar-refractivity contribution in [2.45, 2.75) is 31.1 Å². The molecule has 1 unspecified atom stereocenters. The number of nitrogens with zero attached hydrogens (tertiary/aromatic N) is 3. The van der Waals surface area contributed by atoms with E-state index >= 15 is 0 Å². The number of rotatable bonds is 5. The number of sulfonamides is 1. The minimum atomic E-state index is -3.74. The van der Waals surface area contributed by atoms with Crippen molar-refractivity contribution in [1.29, 1.82) is 0 Å². The Hall–Kier alpha value is -3.30. The molecular weight excluding hydrogens is 464 g/mol. The fourth-order valence-corrected chi connectivity index (χ4v) is 6.46. The number of hydrogen-bond acceptors (Lipinski definition) is 5. The van der Waals surface area contributed by atoms with Gasteiger partial charge in [-0.05, 0) is 49.1 Å². The highest BCUT2D eigenvalue weighted by molar-refractivity contribution is 7.89. The highest BCUT2D eigenvalue weighted by Gasteiger charge is 2.32. The first-order chi connectivity index (χ1) is 16.8.